The van der Waals surface area contributed by atoms with Crippen LogP contribution in [0.3, 0.4) is 0 Å². The van der Waals surface area contributed by atoms with E-state index >= 15 is 0 Å². The molecule has 1 aromatic heterocycles. The Balaban J connectivity index is 2.19. The second kappa shape index (κ2) is 5.77. The van der Waals surface area contributed by atoms with Crippen LogP contribution in [0.25, 0.3) is 0 Å². The van der Waals surface area contributed by atoms with E-state index < -0.39 is 10.0 Å². The molecule has 4 nitrogen and oxygen atoms in total. The Morgan fingerprint density at radius 3 is 2.11 bits per heavy atom. The third kappa shape index (κ3) is 3.27. The van der Waals surface area contributed by atoms with Crippen LogP contribution in [-0.4, -0.2) is 13.4 Å². The summed E-state index contributed by atoms with van der Waals surface area (Å²) in [7, 11) is -3.36. The van der Waals surface area contributed by atoms with Crippen molar-refractivity contribution in [3.63, 3.8) is 0 Å². The minimum absolute atomic E-state index is 0.273. The summed E-state index contributed by atoms with van der Waals surface area (Å²) in [5, 5.41) is 0. The fourth-order valence-corrected chi connectivity index (χ4v) is 2.91. The van der Waals surface area contributed by atoms with Crippen molar-refractivity contribution >= 4 is 32.9 Å². The fraction of sp³-hybridized carbons (Fsp3) is 0.0833. The molecule has 0 amide bonds. The molecule has 18 heavy (non-hydrogen) atoms. The van der Waals surface area contributed by atoms with E-state index in [1.54, 1.807) is 47.4 Å². The van der Waals surface area contributed by atoms with Gasteiger partial charge in [-0.15, -0.1) is 0 Å². The number of benzene rings is 1. The molecular formula is C12H11IN2O2S. The van der Waals surface area contributed by atoms with Crippen molar-refractivity contribution in [1.29, 1.82) is 0 Å². The van der Waals surface area contributed by atoms with Gasteiger partial charge in [0.2, 0.25) is 10.0 Å². The molecular weight excluding hydrogens is 363 g/mol. The SMILES string of the molecule is O=S(=O)(NI)c1ccc(Cc2ccncc2)cc1. The van der Waals surface area contributed by atoms with Crippen LogP contribution in [-0.2, 0) is 16.4 Å². The standard InChI is InChI=1S/C12H11IN2O2S/c13-15-18(16,17)12-3-1-10(2-4-12)9-11-5-7-14-8-6-11/h1-8,15H,9H2. The molecule has 0 aliphatic heterocycles. The molecule has 94 valence electrons. The Bertz CT molecular complexity index is 612. The number of aromatic nitrogens is 1. The van der Waals surface area contributed by atoms with Gasteiger partial charge >= 0.3 is 0 Å². The highest BCUT2D eigenvalue weighted by atomic mass is 127. The van der Waals surface area contributed by atoms with Gasteiger partial charge in [0.05, 0.1) is 4.90 Å². The van der Waals surface area contributed by atoms with E-state index in [1.165, 1.54) is 0 Å². The van der Waals surface area contributed by atoms with Crippen molar-refractivity contribution in [1.82, 2.24) is 7.92 Å². The molecule has 0 saturated heterocycles. The molecule has 2 rings (SSSR count). The number of nitrogens with one attached hydrogen (secondary N) is 1. The first-order chi connectivity index (χ1) is 8.62. The number of pyridine rings is 1. The average molecular weight is 374 g/mol. The number of rotatable bonds is 4. The normalized spacial score (nSPS) is 11.4. The van der Waals surface area contributed by atoms with Gasteiger partial charge in [0.15, 0.2) is 0 Å². The fourth-order valence-electron chi connectivity index (χ4n) is 1.57. The zero-order valence-electron chi connectivity index (χ0n) is 9.38. The molecule has 1 aromatic carbocycles. The molecule has 0 bridgehead atoms. The molecule has 0 fully saturated rings. The summed E-state index contributed by atoms with van der Waals surface area (Å²) < 4.78 is 25.3. The summed E-state index contributed by atoms with van der Waals surface area (Å²) >= 11 is 1.62. The van der Waals surface area contributed by atoms with Crippen molar-refractivity contribution in [2.24, 2.45) is 0 Å². The quantitative estimate of drug-likeness (QED) is 0.660. The number of hydrogen-bond donors (Lipinski definition) is 1. The number of halogens is 1. The van der Waals surface area contributed by atoms with Gasteiger partial charge in [0.25, 0.3) is 0 Å². The minimum atomic E-state index is -3.36. The van der Waals surface area contributed by atoms with Crippen LogP contribution >= 0.6 is 22.9 Å². The van der Waals surface area contributed by atoms with Gasteiger partial charge in [0.1, 0.15) is 0 Å². The largest absolute Gasteiger partial charge is 0.265 e. The van der Waals surface area contributed by atoms with E-state index in [0.717, 1.165) is 17.5 Å². The monoisotopic (exact) mass is 374 g/mol. The van der Waals surface area contributed by atoms with Gasteiger partial charge in [-0.1, -0.05) is 12.1 Å². The van der Waals surface area contributed by atoms with Crippen LogP contribution in [0.5, 0.6) is 0 Å². The van der Waals surface area contributed by atoms with Crippen molar-refractivity contribution in [2.75, 3.05) is 0 Å². The van der Waals surface area contributed by atoms with Crippen LogP contribution in [0.1, 0.15) is 11.1 Å². The lowest BCUT2D eigenvalue weighted by molar-refractivity contribution is 0.596. The first kappa shape index (κ1) is 13.4. The van der Waals surface area contributed by atoms with Crippen LogP contribution in [0.4, 0.5) is 0 Å². The van der Waals surface area contributed by atoms with Gasteiger partial charge in [-0.05, 0) is 41.8 Å². The first-order valence-electron chi connectivity index (χ1n) is 5.22. The summed E-state index contributed by atoms with van der Waals surface area (Å²) in [6, 6.07) is 10.7. The molecule has 6 heteroatoms. The van der Waals surface area contributed by atoms with E-state index in [1.807, 2.05) is 24.3 Å². The summed E-state index contributed by atoms with van der Waals surface area (Å²) in [5.41, 5.74) is 2.21. The molecule has 0 atom stereocenters. The zero-order chi connectivity index (χ0) is 13.0. The lowest BCUT2D eigenvalue weighted by atomic mass is 10.1. The van der Waals surface area contributed by atoms with Gasteiger partial charge in [-0.3, -0.25) is 4.98 Å². The molecule has 0 unspecified atom stereocenters. The Labute approximate surface area is 120 Å². The van der Waals surface area contributed by atoms with Crippen molar-refractivity contribution in [2.45, 2.75) is 11.3 Å². The van der Waals surface area contributed by atoms with Gasteiger partial charge in [-0.2, -0.15) is 2.94 Å². The summed E-state index contributed by atoms with van der Waals surface area (Å²) in [4.78, 5) is 4.23. The minimum Gasteiger partial charge on any atom is -0.265 e. The van der Waals surface area contributed by atoms with Crippen LogP contribution in [0.2, 0.25) is 0 Å². The highest BCUT2D eigenvalue weighted by molar-refractivity contribution is 14.1. The van der Waals surface area contributed by atoms with E-state index in [0.29, 0.717) is 0 Å². The summed E-state index contributed by atoms with van der Waals surface area (Å²) in [5.74, 6) is 0. The van der Waals surface area contributed by atoms with Crippen molar-refractivity contribution < 1.29 is 8.42 Å². The maximum Gasteiger partial charge on any atom is 0.249 e. The first-order valence-corrected chi connectivity index (χ1v) is 7.78. The Kier molecular flexibility index (Phi) is 4.31. The van der Waals surface area contributed by atoms with Crippen LogP contribution < -0.4 is 2.94 Å². The van der Waals surface area contributed by atoms with Crippen molar-refractivity contribution in [3.05, 3.63) is 59.9 Å². The second-order valence-corrected chi connectivity index (χ2v) is 6.71. The lowest BCUT2D eigenvalue weighted by Crippen LogP contribution is -2.12. The van der Waals surface area contributed by atoms with E-state index in [9.17, 15) is 8.42 Å². The highest BCUT2D eigenvalue weighted by Crippen LogP contribution is 2.14. The van der Waals surface area contributed by atoms with E-state index in [-0.39, 0.29) is 4.90 Å². The molecule has 1 heterocycles. The maximum atomic E-state index is 11.5. The third-order valence-corrected chi connectivity index (χ3v) is 5.33. The number of sulfonamides is 1. The van der Waals surface area contributed by atoms with Crippen LogP contribution in [0, 0.1) is 0 Å². The van der Waals surface area contributed by atoms with Crippen LogP contribution in [0.15, 0.2) is 53.7 Å². The Morgan fingerprint density at radius 2 is 1.56 bits per heavy atom. The van der Waals surface area contributed by atoms with E-state index in [4.69, 9.17) is 0 Å². The van der Waals surface area contributed by atoms with E-state index in [2.05, 4.69) is 7.92 Å². The summed E-state index contributed by atoms with van der Waals surface area (Å²) in [6.45, 7) is 0. The maximum absolute atomic E-state index is 11.5. The predicted molar refractivity (Wildman–Crippen MR) is 77.8 cm³/mol. The molecule has 0 radical (unpaired) electrons. The lowest BCUT2D eigenvalue weighted by Gasteiger charge is -2.04. The summed E-state index contributed by atoms with van der Waals surface area (Å²) in [6.07, 6.45) is 4.25. The zero-order valence-corrected chi connectivity index (χ0v) is 12.3. The average Bonchev–Trinajstić information content (AvgIpc) is 2.40. The highest BCUT2D eigenvalue weighted by Gasteiger charge is 2.11. The number of nitrogens with zero attached hydrogens (tertiary/aromatic N) is 1. The van der Waals surface area contributed by atoms with Gasteiger partial charge in [0, 0.05) is 35.3 Å². The third-order valence-electron chi connectivity index (χ3n) is 2.49. The topological polar surface area (TPSA) is 59.1 Å². The Hall–Kier alpha value is -0.990. The molecule has 0 spiro atoms. The van der Waals surface area contributed by atoms with Gasteiger partial charge < -0.3 is 0 Å². The predicted octanol–water partition coefficient (Wildman–Crippen LogP) is 2.30. The molecule has 1 N–H and O–H groups in total. The molecule has 2 aromatic rings. The smallest absolute Gasteiger partial charge is 0.249 e. The second-order valence-electron chi connectivity index (χ2n) is 3.76. The Morgan fingerprint density at radius 1 is 1.00 bits per heavy atom. The molecule has 0 aliphatic carbocycles. The van der Waals surface area contributed by atoms with Crippen molar-refractivity contribution in [3.8, 4) is 0 Å². The number of hydrogen-bond acceptors (Lipinski definition) is 3. The van der Waals surface area contributed by atoms with Gasteiger partial charge in [-0.25, -0.2) is 8.42 Å². The molecule has 0 saturated carbocycles. The molecule has 0 aliphatic rings.